The van der Waals surface area contributed by atoms with Crippen LogP contribution in [-0.4, -0.2) is 57.1 Å². The minimum atomic E-state index is -2.25. The van der Waals surface area contributed by atoms with Crippen molar-refractivity contribution in [1.29, 1.82) is 0 Å². The number of esters is 1. The van der Waals surface area contributed by atoms with E-state index in [9.17, 15) is 14.7 Å². The summed E-state index contributed by atoms with van der Waals surface area (Å²) in [6.45, 7) is 15.7. The molecule has 2 aliphatic carbocycles. The fourth-order valence-corrected chi connectivity index (χ4v) is 7.73. The molecule has 0 bridgehead atoms. The summed E-state index contributed by atoms with van der Waals surface area (Å²) in [6, 6.07) is 0. The molecule has 3 fully saturated rings. The molecule has 1 spiro atoms. The van der Waals surface area contributed by atoms with Crippen LogP contribution in [0.4, 0.5) is 0 Å². The van der Waals surface area contributed by atoms with Gasteiger partial charge in [-0.2, -0.15) is 0 Å². The molecule has 1 unspecified atom stereocenters. The number of hydrogen-bond acceptors (Lipinski definition) is 7. The lowest BCUT2D eigenvalue weighted by Gasteiger charge is -2.58. The maximum absolute atomic E-state index is 13.8. The molecule has 34 heavy (non-hydrogen) atoms. The van der Waals surface area contributed by atoms with Crippen LogP contribution in [0.25, 0.3) is 0 Å². The molecule has 4 aliphatic rings. The molecular weight excluding hydrogens is 452 g/mol. The van der Waals surface area contributed by atoms with E-state index in [0.717, 1.165) is 19.1 Å². The Morgan fingerprint density at radius 1 is 1.24 bits per heavy atom. The summed E-state index contributed by atoms with van der Waals surface area (Å²) in [4.78, 5) is 26.0. The molecule has 2 saturated heterocycles. The fourth-order valence-electron chi connectivity index (χ4n) is 6.41. The molecule has 2 aliphatic heterocycles. The monoisotopic (exact) mass is 494 g/mol. The van der Waals surface area contributed by atoms with Gasteiger partial charge in [0, 0.05) is 6.61 Å². The van der Waals surface area contributed by atoms with Gasteiger partial charge < -0.3 is 23.7 Å². The highest BCUT2D eigenvalue weighted by Gasteiger charge is 2.73. The minimum Gasteiger partial charge on any atom is -0.434 e. The van der Waals surface area contributed by atoms with Crippen molar-refractivity contribution in [1.82, 2.24) is 0 Å². The number of cyclic esters (lactones) is 1. The third-order valence-corrected chi connectivity index (χ3v) is 13.7. The Morgan fingerprint density at radius 3 is 2.53 bits per heavy atom. The van der Waals surface area contributed by atoms with Crippen molar-refractivity contribution in [2.24, 2.45) is 22.7 Å². The SMILES string of the molecule is CC1(C)C[C@H](O[Si](C)(C)C(C)(C)C)[C@H](O)[C@]23C(=O)O[C@H](OC4CCCCO4)[C@H]2C(C=O)=CC[C@@H]13. The number of carbonyl (C=O) groups excluding carboxylic acids is 2. The molecule has 0 radical (unpaired) electrons. The van der Waals surface area contributed by atoms with Crippen LogP contribution >= 0.6 is 0 Å². The van der Waals surface area contributed by atoms with E-state index in [1.807, 2.05) is 6.08 Å². The first-order chi connectivity index (χ1) is 15.8. The highest BCUT2D eigenvalue weighted by molar-refractivity contribution is 6.74. The van der Waals surface area contributed by atoms with Crippen LogP contribution in [0, 0.1) is 22.7 Å². The molecule has 4 rings (SSSR count). The molecule has 8 heteroatoms. The van der Waals surface area contributed by atoms with Crippen molar-refractivity contribution in [3.63, 3.8) is 0 Å². The predicted molar refractivity (Wildman–Crippen MR) is 129 cm³/mol. The lowest BCUT2D eigenvalue weighted by molar-refractivity contribution is -0.250. The Bertz CT molecular complexity index is 839. The summed E-state index contributed by atoms with van der Waals surface area (Å²) in [5.41, 5.74) is -1.14. The molecule has 1 saturated carbocycles. The summed E-state index contributed by atoms with van der Waals surface area (Å²) in [7, 11) is -2.25. The fraction of sp³-hybridized carbons (Fsp3) is 0.846. The predicted octanol–water partition coefficient (Wildman–Crippen LogP) is 4.34. The molecule has 0 aromatic carbocycles. The summed E-state index contributed by atoms with van der Waals surface area (Å²) in [5, 5.41) is 11.9. The molecule has 192 valence electrons. The first kappa shape index (κ1) is 26.0. The molecule has 0 aromatic heterocycles. The largest absolute Gasteiger partial charge is 0.434 e. The van der Waals surface area contributed by atoms with Crippen LogP contribution in [0.2, 0.25) is 18.1 Å². The van der Waals surface area contributed by atoms with Crippen molar-refractivity contribution in [3.05, 3.63) is 11.6 Å². The van der Waals surface area contributed by atoms with Crippen molar-refractivity contribution in [2.75, 3.05) is 6.61 Å². The Hall–Kier alpha value is -1.06. The number of allylic oxidation sites excluding steroid dienone is 1. The normalized spacial score (nSPS) is 40.1. The topological polar surface area (TPSA) is 91.3 Å². The zero-order chi connectivity index (χ0) is 25.1. The van der Waals surface area contributed by atoms with Gasteiger partial charge in [-0.3, -0.25) is 9.59 Å². The van der Waals surface area contributed by atoms with E-state index in [-0.39, 0.29) is 16.4 Å². The first-order valence-electron chi connectivity index (χ1n) is 12.7. The first-order valence-corrected chi connectivity index (χ1v) is 15.7. The summed E-state index contributed by atoms with van der Waals surface area (Å²) >= 11 is 0. The maximum Gasteiger partial charge on any atom is 0.318 e. The van der Waals surface area contributed by atoms with Crippen LogP contribution < -0.4 is 0 Å². The number of aliphatic hydroxyl groups excluding tert-OH is 1. The second-order valence-electron chi connectivity index (χ2n) is 12.8. The third kappa shape index (κ3) is 4.03. The molecule has 0 amide bonds. The maximum atomic E-state index is 13.8. The molecule has 0 aromatic rings. The number of ether oxygens (including phenoxy) is 3. The Kier molecular flexibility index (Phi) is 6.73. The summed E-state index contributed by atoms with van der Waals surface area (Å²) in [5.74, 6) is -1.38. The van der Waals surface area contributed by atoms with E-state index in [2.05, 4.69) is 47.7 Å². The van der Waals surface area contributed by atoms with Crippen LogP contribution in [0.15, 0.2) is 11.6 Å². The molecule has 7 nitrogen and oxygen atoms in total. The second-order valence-corrected chi connectivity index (χ2v) is 17.5. The van der Waals surface area contributed by atoms with Crippen LogP contribution in [-0.2, 0) is 28.2 Å². The van der Waals surface area contributed by atoms with E-state index < -0.39 is 50.4 Å². The lowest BCUT2D eigenvalue weighted by Crippen LogP contribution is -2.66. The van der Waals surface area contributed by atoms with Gasteiger partial charge in [-0.25, -0.2) is 0 Å². The van der Waals surface area contributed by atoms with Gasteiger partial charge in [0.25, 0.3) is 0 Å². The van der Waals surface area contributed by atoms with E-state index in [0.29, 0.717) is 31.4 Å². The van der Waals surface area contributed by atoms with Crippen molar-refractivity contribution < 1.29 is 33.3 Å². The number of rotatable bonds is 5. The van der Waals surface area contributed by atoms with Gasteiger partial charge in [0.15, 0.2) is 14.6 Å². The Balaban J connectivity index is 1.75. The number of aldehydes is 1. The summed E-state index contributed by atoms with van der Waals surface area (Å²) < 4.78 is 24.5. The Labute approximate surface area is 204 Å². The quantitative estimate of drug-likeness (QED) is 0.345. The van der Waals surface area contributed by atoms with E-state index in [1.165, 1.54) is 0 Å². The van der Waals surface area contributed by atoms with Gasteiger partial charge in [-0.05, 0) is 67.1 Å². The van der Waals surface area contributed by atoms with Gasteiger partial charge in [0.1, 0.15) is 11.7 Å². The molecule has 7 atom stereocenters. The van der Waals surface area contributed by atoms with Gasteiger partial charge in [-0.1, -0.05) is 40.7 Å². The van der Waals surface area contributed by atoms with Crippen molar-refractivity contribution in [2.45, 2.75) is 110 Å². The van der Waals surface area contributed by atoms with Crippen molar-refractivity contribution in [3.8, 4) is 0 Å². The molecular formula is C26H42O7Si. The van der Waals surface area contributed by atoms with E-state index in [1.54, 1.807) is 0 Å². The Morgan fingerprint density at radius 2 is 1.94 bits per heavy atom. The summed E-state index contributed by atoms with van der Waals surface area (Å²) in [6.07, 6.45) is 3.44. The van der Waals surface area contributed by atoms with Gasteiger partial charge in [0.2, 0.25) is 6.29 Å². The lowest BCUT2D eigenvalue weighted by atomic mass is 9.46. The number of hydrogen-bond donors (Lipinski definition) is 1. The van der Waals surface area contributed by atoms with Crippen LogP contribution in [0.1, 0.15) is 66.7 Å². The number of aliphatic hydroxyl groups is 1. The average Bonchev–Trinajstić information content (AvgIpc) is 3.03. The van der Waals surface area contributed by atoms with E-state index in [4.69, 9.17) is 18.6 Å². The molecule has 1 N–H and O–H groups in total. The van der Waals surface area contributed by atoms with Gasteiger partial charge in [-0.15, -0.1) is 0 Å². The van der Waals surface area contributed by atoms with Crippen LogP contribution in [0.5, 0.6) is 0 Å². The second kappa shape index (κ2) is 8.80. The van der Waals surface area contributed by atoms with E-state index >= 15 is 0 Å². The van der Waals surface area contributed by atoms with Crippen molar-refractivity contribution >= 4 is 20.6 Å². The number of carbonyl (C=O) groups is 2. The smallest absolute Gasteiger partial charge is 0.318 e. The third-order valence-electron chi connectivity index (χ3n) is 9.21. The molecule has 2 heterocycles. The average molecular weight is 495 g/mol. The highest BCUT2D eigenvalue weighted by Crippen LogP contribution is 2.64. The zero-order valence-corrected chi connectivity index (χ0v) is 22.8. The van der Waals surface area contributed by atoms with Crippen LogP contribution in [0.3, 0.4) is 0 Å². The van der Waals surface area contributed by atoms with Gasteiger partial charge in [0.05, 0.1) is 18.1 Å². The standard InChI is InChI=1S/C26H42O7Si/c1-24(2,3)34(6,7)33-17-14-25(4,5)18-12-11-16(15-27)20-22(31-19-10-8-9-13-30-19)32-23(29)26(18,20)21(17)28/h11,15,17-22,28H,8-10,12-14H2,1-7H3/t17-,18-,19?,20+,21-,22-,26+/m0/s1. The highest BCUT2D eigenvalue weighted by atomic mass is 28.4. The minimum absolute atomic E-state index is 0.0502. The zero-order valence-electron chi connectivity index (χ0n) is 21.8. The van der Waals surface area contributed by atoms with Gasteiger partial charge >= 0.3 is 5.97 Å².